The summed E-state index contributed by atoms with van der Waals surface area (Å²) < 4.78 is 37.8. The molecule has 0 bridgehead atoms. The monoisotopic (exact) mass is 364 g/mol. The summed E-state index contributed by atoms with van der Waals surface area (Å²) in [5.74, 6) is 0.638. The molecule has 7 heteroatoms. The van der Waals surface area contributed by atoms with Crippen molar-refractivity contribution in [2.45, 2.75) is 33.0 Å². The van der Waals surface area contributed by atoms with E-state index >= 15 is 0 Å². The zero-order chi connectivity index (χ0) is 19.0. The van der Waals surface area contributed by atoms with E-state index in [1.54, 1.807) is 6.20 Å². The van der Waals surface area contributed by atoms with Crippen LogP contribution in [0.4, 0.5) is 13.2 Å². The van der Waals surface area contributed by atoms with Crippen LogP contribution in [0.3, 0.4) is 0 Å². The molecule has 2 rings (SSSR count). The van der Waals surface area contributed by atoms with Crippen LogP contribution in [0.5, 0.6) is 0 Å². The van der Waals surface area contributed by atoms with Crippen molar-refractivity contribution in [2.24, 2.45) is 4.99 Å². The molecule has 0 atom stereocenters. The minimum atomic E-state index is -4.32. The third-order valence-electron chi connectivity index (χ3n) is 3.87. The molecule has 0 fully saturated rings. The SMILES string of the molecule is CCNC(=NCc1ccc(C(F)(F)F)cc1)NCCc1ccncc1C. The highest BCUT2D eigenvalue weighted by atomic mass is 19.4. The van der Waals surface area contributed by atoms with E-state index in [4.69, 9.17) is 0 Å². The number of hydrogen-bond acceptors (Lipinski definition) is 2. The Morgan fingerprint density at radius 1 is 1.12 bits per heavy atom. The predicted molar refractivity (Wildman–Crippen MR) is 96.9 cm³/mol. The summed E-state index contributed by atoms with van der Waals surface area (Å²) >= 11 is 0. The van der Waals surface area contributed by atoms with Gasteiger partial charge in [-0.15, -0.1) is 0 Å². The lowest BCUT2D eigenvalue weighted by molar-refractivity contribution is -0.137. The van der Waals surface area contributed by atoms with E-state index in [-0.39, 0.29) is 0 Å². The zero-order valence-electron chi connectivity index (χ0n) is 14.9. The number of nitrogens with one attached hydrogen (secondary N) is 2. The molecular weight excluding hydrogens is 341 g/mol. The van der Waals surface area contributed by atoms with Crippen molar-refractivity contribution in [3.8, 4) is 0 Å². The van der Waals surface area contributed by atoms with Crippen LogP contribution in [0.25, 0.3) is 0 Å². The van der Waals surface area contributed by atoms with Crippen LogP contribution in [0.15, 0.2) is 47.7 Å². The highest BCUT2D eigenvalue weighted by Crippen LogP contribution is 2.29. The Bertz CT molecular complexity index is 724. The number of guanidine groups is 1. The summed E-state index contributed by atoms with van der Waals surface area (Å²) in [5.41, 5.74) is 2.43. The second-order valence-corrected chi connectivity index (χ2v) is 5.87. The van der Waals surface area contributed by atoms with E-state index in [1.165, 1.54) is 17.7 Å². The quantitative estimate of drug-likeness (QED) is 0.607. The van der Waals surface area contributed by atoms with Crippen LogP contribution in [-0.2, 0) is 19.1 Å². The lowest BCUT2D eigenvalue weighted by Crippen LogP contribution is -2.38. The Kier molecular flexibility index (Phi) is 7.00. The van der Waals surface area contributed by atoms with E-state index in [2.05, 4.69) is 20.6 Å². The van der Waals surface area contributed by atoms with Gasteiger partial charge in [-0.2, -0.15) is 13.2 Å². The fourth-order valence-electron chi connectivity index (χ4n) is 2.41. The molecule has 140 valence electrons. The lowest BCUT2D eigenvalue weighted by Gasteiger charge is -2.12. The Morgan fingerprint density at radius 2 is 1.85 bits per heavy atom. The van der Waals surface area contributed by atoms with Crippen molar-refractivity contribution in [1.29, 1.82) is 0 Å². The van der Waals surface area contributed by atoms with E-state index in [0.29, 0.717) is 25.6 Å². The normalized spacial score (nSPS) is 12.1. The molecule has 0 saturated carbocycles. The molecule has 2 aromatic rings. The third kappa shape index (κ3) is 6.06. The molecule has 1 aromatic heterocycles. The molecule has 0 aliphatic rings. The van der Waals surface area contributed by atoms with Crippen molar-refractivity contribution in [2.75, 3.05) is 13.1 Å². The van der Waals surface area contributed by atoms with Crippen LogP contribution in [0, 0.1) is 6.92 Å². The number of hydrogen-bond donors (Lipinski definition) is 2. The maximum atomic E-state index is 12.6. The largest absolute Gasteiger partial charge is 0.416 e. The number of nitrogens with zero attached hydrogens (tertiary/aromatic N) is 2. The van der Waals surface area contributed by atoms with Gasteiger partial charge in [0.2, 0.25) is 0 Å². The summed E-state index contributed by atoms with van der Waals surface area (Å²) in [6.07, 6.45) is 0.119. The standard InChI is InChI=1S/C19H23F3N4/c1-3-24-18(25-11-9-16-8-10-23-12-14(16)2)26-13-15-4-6-17(7-5-15)19(20,21)22/h4-8,10,12H,3,9,11,13H2,1-2H3,(H2,24,25,26). The Balaban J connectivity index is 1.92. The molecule has 1 aromatic carbocycles. The van der Waals surface area contributed by atoms with E-state index in [9.17, 15) is 13.2 Å². The number of pyridine rings is 1. The van der Waals surface area contributed by atoms with Gasteiger partial charge in [0.1, 0.15) is 0 Å². The summed E-state index contributed by atoms with van der Waals surface area (Å²) in [5, 5.41) is 6.38. The topological polar surface area (TPSA) is 49.3 Å². The summed E-state index contributed by atoms with van der Waals surface area (Å²) in [6.45, 7) is 5.69. The first-order valence-electron chi connectivity index (χ1n) is 8.48. The molecule has 2 N–H and O–H groups in total. The number of rotatable bonds is 6. The fourth-order valence-corrected chi connectivity index (χ4v) is 2.41. The summed E-state index contributed by atoms with van der Waals surface area (Å²) in [6, 6.07) is 7.06. The van der Waals surface area contributed by atoms with Crippen LogP contribution >= 0.6 is 0 Å². The summed E-state index contributed by atoms with van der Waals surface area (Å²) in [4.78, 5) is 8.50. The lowest BCUT2D eigenvalue weighted by atomic mass is 10.1. The maximum absolute atomic E-state index is 12.6. The van der Waals surface area contributed by atoms with E-state index < -0.39 is 11.7 Å². The predicted octanol–water partition coefficient (Wildman–Crippen LogP) is 3.71. The number of benzene rings is 1. The van der Waals surface area contributed by atoms with Crippen molar-refractivity contribution in [3.63, 3.8) is 0 Å². The zero-order valence-corrected chi connectivity index (χ0v) is 14.9. The molecule has 4 nitrogen and oxygen atoms in total. The molecule has 0 unspecified atom stereocenters. The Morgan fingerprint density at radius 3 is 2.46 bits per heavy atom. The number of alkyl halides is 3. The first-order chi connectivity index (χ1) is 12.4. The van der Waals surface area contributed by atoms with Crippen molar-refractivity contribution in [3.05, 3.63) is 65.0 Å². The first kappa shape index (κ1) is 19.8. The first-order valence-corrected chi connectivity index (χ1v) is 8.48. The van der Waals surface area contributed by atoms with Gasteiger partial charge in [-0.1, -0.05) is 12.1 Å². The highest BCUT2D eigenvalue weighted by molar-refractivity contribution is 5.79. The molecule has 1 heterocycles. The van der Waals surface area contributed by atoms with Crippen LogP contribution < -0.4 is 10.6 Å². The van der Waals surface area contributed by atoms with Gasteiger partial charge < -0.3 is 10.6 Å². The molecule has 0 saturated heterocycles. The van der Waals surface area contributed by atoms with Gasteiger partial charge in [-0.05, 0) is 55.2 Å². The minimum Gasteiger partial charge on any atom is -0.357 e. The Labute approximate surface area is 151 Å². The second-order valence-electron chi connectivity index (χ2n) is 5.87. The van der Waals surface area contributed by atoms with Crippen LogP contribution in [0.1, 0.15) is 29.2 Å². The van der Waals surface area contributed by atoms with Crippen LogP contribution in [0.2, 0.25) is 0 Å². The number of aromatic nitrogens is 1. The number of aliphatic imine (C=N–C) groups is 1. The molecule has 0 radical (unpaired) electrons. The molecule has 0 aliphatic heterocycles. The Hall–Kier alpha value is -2.57. The van der Waals surface area contributed by atoms with Gasteiger partial charge >= 0.3 is 6.18 Å². The third-order valence-corrected chi connectivity index (χ3v) is 3.87. The summed E-state index contributed by atoms with van der Waals surface area (Å²) in [7, 11) is 0. The minimum absolute atomic E-state index is 0.307. The highest BCUT2D eigenvalue weighted by Gasteiger charge is 2.29. The van der Waals surface area contributed by atoms with Gasteiger partial charge in [0.05, 0.1) is 12.1 Å². The van der Waals surface area contributed by atoms with Crippen molar-refractivity contribution in [1.82, 2.24) is 15.6 Å². The van der Waals surface area contributed by atoms with Gasteiger partial charge in [0.15, 0.2) is 5.96 Å². The van der Waals surface area contributed by atoms with E-state index in [1.807, 2.05) is 26.1 Å². The number of aryl methyl sites for hydroxylation is 1. The average Bonchev–Trinajstić information content (AvgIpc) is 2.61. The second kappa shape index (κ2) is 9.22. The van der Waals surface area contributed by atoms with Gasteiger partial charge in [0.25, 0.3) is 0 Å². The maximum Gasteiger partial charge on any atom is 0.416 e. The number of halogens is 3. The van der Waals surface area contributed by atoms with Crippen molar-refractivity contribution < 1.29 is 13.2 Å². The molecule has 0 aliphatic carbocycles. The molecule has 0 spiro atoms. The van der Waals surface area contributed by atoms with Gasteiger partial charge in [-0.3, -0.25) is 4.98 Å². The average molecular weight is 364 g/mol. The smallest absolute Gasteiger partial charge is 0.357 e. The molecule has 0 amide bonds. The molecule has 26 heavy (non-hydrogen) atoms. The fraction of sp³-hybridized carbons (Fsp3) is 0.368. The molecular formula is C19H23F3N4. The van der Waals surface area contributed by atoms with Crippen LogP contribution in [-0.4, -0.2) is 24.0 Å². The van der Waals surface area contributed by atoms with E-state index in [0.717, 1.165) is 29.7 Å². The van der Waals surface area contributed by atoms with Crippen molar-refractivity contribution >= 4 is 5.96 Å². The van der Waals surface area contributed by atoms with Gasteiger partial charge in [0, 0.05) is 25.5 Å². The van der Waals surface area contributed by atoms with Gasteiger partial charge in [-0.25, -0.2) is 4.99 Å².